The Bertz CT molecular complexity index is 629. The number of hydrogen-bond acceptors (Lipinski definition) is 4. The smallest absolute Gasteiger partial charge is 0.191 e. The van der Waals surface area contributed by atoms with Gasteiger partial charge < -0.3 is 20.4 Å². The monoisotopic (exact) mass is 436 g/mol. The predicted octanol–water partition coefficient (Wildman–Crippen LogP) is 1.83. The summed E-state index contributed by atoms with van der Waals surface area (Å²) in [5, 5.41) is 7.13. The number of nitrogens with one attached hydrogen (secondary N) is 2. The van der Waals surface area contributed by atoms with Gasteiger partial charge in [0.05, 0.1) is 5.69 Å². The molecular weight excluding hydrogens is 404 g/mol. The SMILES string of the molecule is CN=C(NCC(C)N1CCN(C)CC1)NC1CCN(c2ccccc2Br)C1. The van der Waals surface area contributed by atoms with Crippen molar-refractivity contribution < 1.29 is 0 Å². The Hall–Kier alpha value is -1.31. The van der Waals surface area contributed by atoms with E-state index >= 15 is 0 Å². The number of piperazine rings is 1. The van der Waals surface area contributed by atoms with E-state index in [2.05, 4.69) is 84.5 Å². The molecule has 0 saturated carbocycles. The summed E-state index contributed by atoms with van der Waals surface area (Å²) >= 11 is 3.67. The van der Waals surface area contributed by atoms with E-state index < -0.39 is 0 Å². The van der Waals surface area contributed by atoms with E-state index in [0.717, 1.165) is 62.7 Å². The van der Waals surface area contributed by atoms with Crippen LogP contribution in [0.25, 0.3) is 0 Å². The Kier molecular flexibility index (Phi) is 7.38. The molecule has 2 atom stereocenters. The van der Waals surface area contributed by atoms with E-state index in [1.54, 1.807) is 0 Å². The maximum absolute atomic E-state index is 4.44. The predicted molar refractivity (Wildman–Crippen MR) is 118 cm³/mol. The van der Waals surface area contributed by atoms with Crippen molar-refractivity contribution in [1.29, 1.82) is 0 Å². The van der Waals surface area contributed by atoms with E-state index in [9.17, 15) is 0 Å². The number of guanidine groups is 1. The lowest BCUT2D eigenvalue weighted by Gasteiger charge is -2.36. The molecule has 0 radical (unpaired) electrons. The van der Waals surface area contributed by atoms with Crippen molar-refractivity contribution in [3.05, 3.63) is 28.7 Å². The van der Waals surface area contributed by atoms with Crippen molar-refractivity contribution >= 4 is 27.6 Å². The highest BCUT2D eigenvalue weighted by atomic mass is 79.9. The molecule has 27 heavy (non-hydrogen) atoms. The van der Waals surface area contributed by atoms with Crippen LogP contribution in [0.3, 0.4) is 0 Å². The molecule has 150 valence electrons. The summed E-state index contributed by atoms with van der Waals surface area (Å²) < 4.78 is 1.16. The molecule has 2 unspecified atom stereocenters. The molecule has 2 N–H and O–H groups in total. The van der Waals surface area contributed by atoms with E-state index in [-0.39, 0.29) is 0 Å². The highest BCUT2D eigenvalue weighted by Gasteiger charge is 2.25. The Balaban J connectivity index is 1.45. The van der Waals surface area contributed by atoms with Gasteiger partial charge in [-0.25, -0.2) is 0 Å². The fourth-order valence-corrected chi connectivity index (χ4v) is 4.36. The van der Waals surface area contributed by atoms with Gasteiger partial charge in [-0.3, -0.25) is 9.89 Å². The first-order valence-corrected chi connectivity index (χ1v) is 10.8. The summed E-state index contributed by atoms with van der Waals surface area (Å²) in [5.41, 5.74) is 1.27. The van der Waals surface area contributed by atoms with Gasteiger partial charge in [-0.05, 0) is 48.5 Å². The van der Waals surface area contributed by atoms with Crippen LogP contribution in [0.2, 0.25) is 0 Å². The molecule has 1 aromatic rings. The molecular formula is C20H33BrN6. The average molecular weight is 437 g/mol. The van der Waals surface area contributed by atoms with Crippen molar-refractivity contribution in [1.82, 2.24) is 20.4 Å². The van der Waals surface area contributed by atoms with Gasteiger partial charge in [-0.2, -0.15) is 0 Å². The second kappa shape index (κ2) is 9.75. The Labute approximate surface area is 172 Å². The fourth-order valence-electron chi connectivity index (χ4n) is 3.83. The van der Waals surface area contributed by atoms with Crippen LogP contribution in [0, 0.1) is 0 Å². The number of anilines is 1. The third-order valence-electron chi connectivity index (χ3n) is 5.67. The molecule has 1 aromatic carbocycles. The molecule has 0 amide bonds. The van der Waals surface area contributed by atoms with Gasteiger partial charge in [0.1, 0.15) is 0 Å². The molecule has 0 spiro atoms. The Morgan fingerprint density at radius 3 is 2.67 bits per heavy atom. The normalized spacial score (nSPS) is 23.5. The summed E-state index contributed by atoms with van der Waals surface area (Å²) in [6.45, 7) is 9.89. The molecule has 0 aliphatic carbocycles. The highest BCUT2D eigenvalue weighted by molar-refractivity contribution is 9.10. The Morgan fingerprint density at radius 1 is 1.22 bits per heavy atom. The summed E-state index contributed by atoms with van der Waals surface area (Å²) in [7, 11) is 4.06. The van der Waals surface area contributed by atoms with Crippen molar-refractivity contribution in [3.63, 3.8) is 0 Å². The zero-order valence-corrected chi connectivity index (χ0v) is 18.4. The molecule has 2 fully saturated rings. The lowest BCUT2D eigenvalue weighted by Crippen LogP contribution is -2.53. The fraction of sp³-hybridized carbons (Fsp3) is 0.650. The second-order valence-electron chi connectivity index (χ2n) is 7.67. The second-order valence-corrected chi connectivity index (χ2v) is 8.52. The van der Waals surface area contributed by atoms with Gasteiger partial charge in [-0.15, -0.1) is 0 Å². The number of rotatable bonds is 5. The molecule has 0 bridgehead atoms. The van der Waals surface area contributed by atoms with Gasteiger partial charge >= 0.3 is 0 Å². The summed E-state index contributed by atoms with van der Waals surface area (Å²) in [6, 6.07) is 9.38. The van der Waals surface area contributed by atoms with Crippen LogP contribution >= 0.6 is 15.9 Å². The van der Waals surface area contributed by atoms with Crippen LogP contribution in [0.5, 0.6) is 0 Å². The number of benzene rings is 1. The molecule has 2 aliphatic heterocycles. The Morgan fingerprint density at radius 2 is 1.96 bits per heavy atom. The third-order valence-corrected chi connectivity index (χ3v) is 6.34. The van der Waals surface area contributed by atoms with Crippen molar-refractivity contribution in [2.45, 2.75) is 25.4 Å². The maximum Gasteiger partial charge on any atom is 0.191 e. The first kappa shape index (κ1) is 20.4. The standard InChI is InChI=1S/C20H33BrN6/c1-16(26-12-10-25(3)11-13-26)14-23-20(22-2)24-17-8-9-27(15-17)19-7-5-4-6-18(19)21/h4-7,16-17H,8-15H2,1-3H3,(H2,22,23,24). The van der Waals surface area contributed by atoms with Gasteiger partial charge in [-0.1, -0.05) is 12.1 Å². The lowest BCUT2D eigenvalue weighted by molar-refractivity contribution is 0.120. The van der Waals surface area contributed by atoms with Gasteiger partial charge in [0, 0.05) is 69.4 Å². The van der Waals surface area contributed by atoms with Crippen molar-refractivity contribution in [2.24, 2.45) is 4.99 Å². The minimum Gasteiger partial charge on any atom is -0.368 e. The van der Waals surface area contributed by atoms with Crippen LogP contribution in [-0.4, -0.2) is 87.8 Å². The minimum atomic E-state index is 0.419. The molecule has 7 heteroatoms. The van der Waals surface area contributed by atoms with E-state index in [4.69, 9.17) is 0 Å². The van der Waals surface area contributed by atoms with Gasteiger partial charge in [0.15, 0.2) is 5.96 Å². The highest BCUT2D eigenvalue weighted by Crippen LogP contribution is 2.28. The zero-order chi connectivity index (χ0) is 19.2. The maximum atomic E-state index is 4.44. The minimum absolute atomic E-state index is 0.419. The van der Waals surface area contributed by atoms with Gasteiger partial charge in [0.2, 0.25) is 0 Å². The summed E-state index contributed by atoms with van der Waals surface area (Å²) in [6.07, 6.45) is 1.12. The molecule has 0 aromatic heterocycles. The molecule has 3 rings (SSSR count). The van der Waals surface area contributed by atoms with Crippen LogP contribution in [0.4, 0.5) is 5.69 Å². The number of nitrogens with zero attached hydrogens (tertiary/aromatic N) is 4. The number of aliphatic imine (C=N–C) groups is 1. The zero-order valence-electron chi connectivity index (χ0n) is 16.8. The first-order valence-electron chi connectivity index (χ1n) is 9.96. The van der Waals surface area contributed by atoms with Crippen LogP contribution < -0.4 is 15.5 Å². The van der Waals surface area contributed by atoms with Gasteiger partial charge in [0.25, 0.3) is 0 Å². The lowest BCUT2D eigenvalue weighted by atomic mass is 10.2. The summed E-state index contributed by atoms with van der Waals surface area (Å²) in [5.74, 6) is 0.912. The molecule has 2 saturated heterocycles. The molecule has 2 heterocycles. The third kappa shape index (κ3) is 5.59. The topological polar surface area (TPSA) is 46.1 Å². The van der Waals surface area contributed by atoms with Crippen molar-refractivity contribution in [3.8, 4) is 0 Å². The van der Waals surface area contributed by atoms with Crippen LogP contribution in [0.15, 0.2) is 33.7 Å². The van der Waals surface area contributed by atoms with E-state index in [1.165, 1.54) is 5.69 Å². The average Bonchev–Trinajstić information content (AvgIpc) is 3.14. The number of halogens is 1. The first-order chi connectivity index (χ1) is 13.1. The molecule has 6 nitrogen and oxygen atoms in total. The van der Waals surface area contributed by atoms with Crippen LogP contribution in [0.1, 0.15) is 13.3 Å². The van der Waals surface area contributed by atoms with E-state index in [1.807, 2.05) is 7.05 Å². The number of para-hydroxylation sites is 1. The number of hydrogen-bond donors (Lipinski definition) is 2. The van der Waals surface area contributed by atoms with E-state index in [0.29, 0.717) is 12.1 Å². The van der Waals surface area contributed by atoms with Crippen molar-refractivity contribution in [2.75, 3.05) is 64.8 Å². The quantitative estimate of drug-likeness (QED) is 0.544. The largest absolute Gasteiger partial charge is 0.368 e. The van der Waals surface area contributed by atoms with Crippen LogP contribution in [-0.2, 0) is 0 Å². The number of likely N-dealkylation sites (N-methyl/N-ethyl adjacent to an activating group) is 1. The summed E-state index contributed by atoms with van der Waals surface area (Å²) in [4.78, 5) is 11.8. The molecule has 2 aliphatic rings.